The smallest absolute Gasteiger partial charge is 0.338 e. The van der Waals surface area contributed by atoms with Gasteiger partial charge in [0.25, 0.3) is 0 Å². The first-order valence-corrected chi connectivity index (χ1v) is 10.3. The number of anilines is 1. The second-order valence-corrected chi connectivity index (χ2v) is 7.84. The van der Waals surface area contributed by atoms with Gasteiger partial charge in [-0.25, -0.2) is 14.2 Å². The number of carbonyl (C=O) groups is 2. The Labute approximate surface area is 176 Å². The first kappa shape index (κ1) is 20.0. The zero-order valence-electron chi connectivity index (χ0n) is 16.0. The van der Waals surface area contributed by atoms with Gasteiger partial charge in [0, 0.05) is 17.0 Å². The van der Waals surface area contributed by atoms with Gasteiger partial charge in [-0.3, -0.25) is 4.79 Å². The lowest BCUT2D eigenvalue weighted by Gasteiger charge is -2.07. The molecule has 1 amide bonds. The van der Waals surface area contributed by atoms with Crippen LogP contribution in [0.3, 0.4) is 0 Å². The van der Waals surface area contributed by atoms with Gasteiger partial charge in [-0.15, -0.1) is 11.3 Å². The van der Waals surface area contributed by atoms with Crippen molar-refractivity contribution in [2.45, 2.75) is 26.1 Å². The third kappa shape index (κ3) is 5.42. The number of thiazole rings is 1. The van der Waals surface area contributed by atoms with Crippen LogP contribution in [0.15, 0.2) is 53.9 Å². The zero-order chi connectivity index (χ0) is 20.9. The van der Waals surface area contributed by atoms with Crippen LogP contribution in [-0.2, 0) is 22.7 Å². The maximum Gasteiger partial charge on any atom is 0.338 e. The summed E-state index contributed by atoms with van der Waals surface area (Å²) in [4.78, 5) is 28.6. The number of hydrogen-bond acceptors (Lipinski definition) is 6. The molecule has 0 bridgehead atoms. The van der Waals surface area contributed by atoms with Crippen LogP contribution in [0, 0.1) is 11.7 Å². The first-order valence-electron chi connectivity index (χ1n) is 9.46. The van der Waals surface area contributed by atoms with E-state index in [1.807, 2.05) is 0 Å². The summed E-state index contributed by atoms with van der Waals surface area (Å²) in [7, 11) is 0. The molecule has 6 nitrogen and oxygen atoms in total. The molecule has 1 fully saturated rings. The number of esters is 1. The van der Waals surface area contributed by atoms with Crippen molar-refractivity contribution in [2.75, 3.05) is 5.32 Å². The summed E-state index contributed by atoms with van der Waals surface area (Å²) in [6.07, 6.45) is 1.83. The van der Waals surface area contributed by atoms with E-state index < -0.39 is 5.97 Å². The maximum atomic E-state index is 12.9. The molecule has 1 saturated carbocycles. The largest absolute Gasteiger partial charge is 0.486 e. The zero-order valence-corrected chi connectivity index (χ0v) is 16.8. The van der Waals surface area contributed by atoms with E-state index in [0.717, 1.165) is 17.8 Å². The fourth-order valence-electron chi connectivity index (χ4n) is 2.69. The van der Waals surface area contributed by atoms with Gasteiger partial charge in [0.15, 0.2) is 0 Å². The van der Waals surface area contributed by atoms with Crippen molar-refractivity contribution in [3.8, 4) is 5.75 Å². The van der Waals surface area contributed by atoms with Crippen molar-refractivity contribution in [3.05, 3.63) is 76.0 Å². The van der Waals surface area contributed by atoms with Crippen molar-refractivity contribution in [1.29, 1.82) is 0 Å². The molecule has 0 atom stereocenters. The molecule has 1 aliphatic carbocycles. The Hall–Kier alpha value is -3.26. The third-order valence-corrected chi connectivity index (χ3v) is 5.31. The highest BCUT2D eigenvalue weighted by Crippen LogP contribution is 2.30. The molecule has 3 aromatic rings. The van der Waals surface area contributed by atoms with Crippen LogP contribution in [0.2, 0.25) is 0 Å². The summed E-state index contributed by atoms with van der Waals surface area (Å²) >= 11 is 1.39. The Balaban J connectivity index is 1.27. The number of carbonyl (C=O) groups excluding carboxylic acids is 2. The van der Waals surface area contributed by atoms with Crippen molar-refractivity contribution < 1.29 is 23.5 Å². The Bertz CT molecular complexity index is 1050. The predicted molar refractivity (Wildman–Crippen MR) is 110 cm³/mol. The van der Waals surface area contributed by atoms with Crippen LogP contribution in [-0.4, -0.2) is 16.9 Å². The average molecular weight is 426 g/mol. The second kappa shape index (κ2) is 9.04. The summed E-state index contributed by atoms with van der Waals surface area (Å²) in [6, 6.07) is 12.4. The van der Waals surface area contributed by atoms with Gasteiger partial charge in [0.1, 0.15) is 29.8 Å². The van der Waals surface area contributed by atoms with Gasteiger partial charge >= 0.3 is 5.97 Å². The summed E-state index contributed by atoms with van der Waals surface area (Å²) in [5, 5.41) is 5.33. The highest BCUT2D eigenvalue weighted by Gasteiger charge is 2.29. The van der Waals surface area contributed by atoms with E-state index in [1.54, 1.807) is 41.8 Å². The van der Waals surface area contributed by atoms with E-state index in [-0.39, 0.29) is 30.9 Å². The number of hydrogen-bond donors (Lipinski definition) is 1. The van der Waals surface area contributed by atoms with Gasteiger partial charge in [0.05, 0.1) is 11.3 Å². The third-order valence-electron chi connectivity index (χ3n) is 4.44. The molecule has 1 heterocycles. The minimum Gasteiger partial charge on any atom is -0.486 e. The standard InChI is InChI=1S/C22H19FN2O4S/c23-16-6-8-19(9-7-16)28-12-20-24-18(13-30-20)11-29-22(27)15-2-1-3-17(10-15)25-21(26)14-4-5-14/h1-3,6-10,13-14H,4-5,11-12H2,(H,25,26). The minimum atomic E-state index is -0.491. The minimum absolute atomic E-state index is 0.0154. The van der Waals surface area contributed by atoms with Crippen LogP contribution < -0.4 is 10.1 Å². The van der Waals surface area contributed by atoms with Crippen molar-refractivity contribution in [3.63, 3.8) is 0 Å². The molecule has 0 radical (unpaired) electrons. The lowest BCUT2D eigenvalue weighted by Crippen LogP contribution is -2.14. The maximum absolute atomic E-state index is 12.9. The lowest BCUT2D eigenvalue weighted by molar-refractivity contribution is -0.117. The summed E-state index contributed by atoms with van der Waals surface area (Å²) in [6.45, 7) is 0.275. The van der Waals surface area contributed by atoms with E-state index in [2.05, 4.69) is 10.3 Å². The molecule has 4 rings (SSSR count). The number of nitrogens with one attached hydrogen (secondary N) is 1. The van der Waals surface area contributed by atoms with Gasteiger partial charge in [-0.2, -0.15) is 0 Å². The summed E-state index contributed by atoms with van der Waals surface area (Å²) in [5.74, 6) is -0.190. The second-order valence-electron chi connectivity index (χ2n) is 6.90. The Morgan fingerprint density at radius 3 is 2.70 bits per heavy atom. The lowest BCUT2D eigenvalue weighted by atomic mass is 10.2. The van der Waals surface area contributed by atoms with Gasteiger partial charge in [-0.1, -0.05) is 6.07 Å². The van der Waals surface area contributed by atoms with Crippen molar-refractivity contribution in [2.24, 2.45) is 5.92 Å². The van der Waals surface area contributed by atoms with Crippen molar-refractivity contribution in [1.82, 2.24) is 4.98 Å². The summed E-state index contributed by atoms with van der Waals surface area (Å²) in [5.41, 5.74) is 1.55. The molecule has 154 valence electrons. The highest BCUT2D eigenvalue weighted by molar-refractivity contribution is 7.09. The number of benzene rings is 2. The Kier molecular flexibility index (Phi) is 6.04. The fraction of sp³-hybridized carbons (Fsp3) is 0.227. The quantitative estimate of drug-likeness (QED) is 0.534. The normalized spacial score (nSPS) is 13.0. The average Bonchev–Trinajstić information content (AvgIpc) is 3.51. The molecule has 1 aromatic heterocycles. The van der Waals surface area contributed by atoms with E-state index in [0.29, 0.717) is 22.7 Å². The van der Waals surface area contributed by atoms with Crippen LogP contribution in [0.25, 0.3) is 0 Å². The molecule has 8 heteroatoms. The number of amides is 1. The number of ether oxygens (including phenoxy) is 2. The van der Waals surface area contributed by atoms with Crippen LogP contribution >= 0.6 is 11.3 Å². The molecule has 1 N–H and O–H groups in total. The SMILES string of the molecule is O=C(OCc1csc(COc2ccc(F)cc2)n1)c1cccc(NC(=O)C2CC2)c1. The van der Waals surface area contributed by atoms with Crippen LogP contribution in [0.4, 0.5) is 10.1 Å². The summed E-state index contributed by atoms with van der Waals surface area (Å²) < 4.78 is 23.8. The van der Waals surface area contributed by atoms with Crippen LogP contribution in [0.1, 0.15) is 33.9 Å². The van der Waals surface area contributed by atoms with E-state index in [4.69, 9.17) is 9.47 Å². The number of halogens is 1. The molecule has 1 aliphatic rings. The molecule has 0 aliphatic heterocycles. The monoisotopic (exact) mass is 426 g/mol. The van der Waals surface area contributed by atoms with Gasteiger partial charge in [0.2, 0.25) is 5.91 Å². The number of rotatable bonds is 8. The van der Waals surface area contributed by atoms with Crippen LogP contribution in [0.5, 0.6) is 5.75 Å². The predicted octanol–water partition coefficient (Wildman–Crippen LogP) is 4.57. The van der Waals surface area contributed by atoms with E-state index in [9.17, 15) is 14.0 Å². The van der Waals surface area contributed by atoms with E-state index in [1.165, 1.54) is 23.5 Å². The van der Waals surface area contributed by atoms with Crippen molar-refractivity contribution >= 4 is 28.9 Å². The molecule has 0 saturated heterocycles. The topological polar surface area (TPSA) is 77.5 Å². The number of aromatic nitrogens is 1. The molecule has 0 unspecified atom stereocenters. The molecule has 0 spiro atoms. The highest BCUT2D eigenvalue weighted by atomic mass is 32.1. The first-order chi connectivity index (χ1) is 14.6. The molecular formula is C22H19FN2O4S. The Morgan fingerprint density at radius 1 is 1.13 bits per heavy atom. The van der Waals surface area contributed by atoms with E-state index >= 15 is 0 Å². The van der Waals surface area contributed by atoms with Gasteiger partial charge < -0.3 is 14.8 Å². The Morgan fingerprint density at radius 2 is 1.93 bits per heavy atom. The fourth-order valence-corrected chi connectivity index (χ4v) is 3.38. The number of nitrogens with zero attached hydrogens (tertiary/aromatic N) is 1. The molecule has 30 heavy (non-hydrogen) atoms. The molecular weight excluding hydrogens is 407 g/mol. The van der Waals surface area contributed by atoms with Gasteiger partial charge in [-0.05, 0) is 55.3 Å². The molecule has 2 aromatic carbocycles.